The third kappa shape index (κ3) is 3.76. The summed E-state index contributed by atoms with van der Waals surface area (Å²) in [5, 5.41) is 3.62. The minimum Gasteiger partial charge on any atom is -0.462 e. The van der Waals surface area contributed by atoms with Gasteiger partial charge in [0.05, 0.1) is 6.26 Å². The van der Waals surface area contributed by atoms with E-state index < -0.39 is 5.91 Å². The van der Waals surface area contributed by atoms with E-state index in [-0.39, 0.29) is 11.5 Å². The lowest BCUT2D eigenvalue weighted by atomic mass is 10.3. The van der Waals surface area contributed by atoms with Gasteiger partial charge in [0, 0.05) is 0 Å². The number of hydrogen-bond acceptors (Lipinski definition) is 4. The second kappa shape index (κ2) is 6.66. The largest absolute Gasteiger partial charge is 0.462 e. The number of unbranched alkanes of at least 4 members (excludes halogenated alkanes) is 2. The summed E-state index contributed by atoms with van der Waals surface area (Å²) in [6, 6.07) is 3.20. The fourth-order valence-corrected chi connectivity index (χ4v) is 1.14. The van der Waals surface area contributed by atoms with Crippen molar-refractivity contribution in [3.05, 3.63) is 24.2 Å². The second-order valence-corrected chi connectivity index (χ2v) is 3.29. The molecule has 0 unspecified atom stereocenters. The number of rotatable bonds is 7. The summed E-state index contributed by atoms with van der Waals surface area (Å²) < 4.78 is 4.98. The van der Waals surface area contributed by atoms with Crippen molar-refractivity contribution in [1.29, 1.82) is 0 Å². The van der Waals surface area contributed by atoms with E-state index >= 15 is 0 Å². The van der Waals surface area contributed by atoms with E-state index in [1.54, 1.807) is 12.1 Å². The van der Waals surface area contributed by atoms with Gasteiger partial charge in [0.2, 0.25) is 5.71 Å². The van der Waals surface area contributed by atoms with Gasteiger partial charge >= 0.3 is 0 Å². The van der Waals surface area contributed by atoms with Gasteiger partial charge in [-0.25, -0.2) is 0 Å². The van der Waals surface area contributed by atoms with Crippen LogP contribution in [0, 0.1) is 0 Å². The van der Waals surface area contributed by atoms with E-state index in [9.17, 15) is 4.79 Å². The first kappa shape index (κ1) is 12.3. The summed E-state index contributed by atoms with van der Waals surface area (Å²) in [6.45, 7) is 2.54. The summed E-state index contributed by atoms with van der Waals surface area (Å²) in [7, 11) is 0. The maximum absolute atomic E-state index is 11.0. The van der Waals surface area contributed by atoms with Gasteiger partial charge in [0.25, 0.3) is 5.91 Å². The van der Waals surface area contributed by atoms with Gasteiger partial charge < -0.3 is 9.25 Å². The molecule has 1 aromatic heterocycles. The lowest BCUT2D eigenvalue weighted by Crippen LogP contribution is -2.16. The zero-order valence-corrected chi connectivity index (χ0v) is 9.23. The molecule has 1 heterocycles. The predicted molar refractivity (Wildman–Crippen MR) is 58.8 cm³/mol. The van der Waals surface area contributed by atoms with Crippen LogP contribution in [0.15, 0.2) is 28.0 Å². The lowest BCUT2D eigenvalue weighted by molar-refractivity contribution is -0.112. The van der Waals surface area contributed by atoms with Crippen molar-refractivity contribution >= 4 is 11.6 Å². The molecule has 0 atom stereocenters. The average molecular weight is 223 g/mol. The number of nitrogens with one attached hydrogen (secondary N) is 1. The molecule has 1 amide bonds. The topological polar surface area (TPSA) is 75.6 Å². The third-order valence-corrected chi connectivity index (χ3v) is 1.96. The zero-order valence-electron chi connectivity index (χ0n) is 9.23. The summed E-state index contributed by atoms with van der Waals surface area (Å²) in [5.41, 5.74) is 6.92. The van der Waals surface area contributed by atoms with Crippen molar-refractivity contribution < 1.29 is 14.0 Å². The molecule has 5 nitrogen and oxygen atoms in total. The van der Waals surface area contributed by atoms with Crippen LogP contribution in [0.5, 0.6) is 0 Å². The third-order valence-electron chi connectivity index (χ3n) is 1.96. The van der Waals surface area contributed by atoms with Crippen molar-refractivity contribution in [2.24, 2.45) is 5.16 Å². The fourth-order valence-electron chi connectivity index (χ4n) is 1.14. The number of hydrogen-bond donors (Lipinski definition) is 0. The number of amides is 1. The highest BCUT2D eigenvalue weighted by atomic mass is 16.6. The zero-order chi connectivity index (χ0) is 11.8. The molecule has 0 spiro atoms. The highest BCUT2D eigenvalue weighted by Crippen LogP contribution is 2.03. The standard InChI is InChI=1S/C11H15N2O3/c1-2-3-4-8-16-13-10(11(12)14)9-6-5-7-15-9/h5-7,12H,2-4,8H2,1H3. The monoisotopic (exact) mass is 223 g/mol. The van der Waals surface area contributed by atoms with Crippen LogP contribution in [-0.2, 0) is 9.63 Å². The molecule has 5 heteroatoms. The molecule has 0 saturated heterocycles. The van der Waals surface area contributed by atoms with Crippen molar-refractivity contribution in [3.8, 4) is 0 Å². The molecule has 0 aromatic carbocycles. The Morgan fingerprint density at radius 1 is 1.56 bits per heavy atom. The quantitative estimate of drug-likeness (QED) is 0.403. The Morgan fingerprint density at radius 3 is 2.94 bits per heavy atom. The number of furan rings is 1. The summed E-state index contributed by atoms with van der Waals surface area (Å²) in [5.74, 6) is -0.652. The fraction of sp³-hybridized carbons (Fsp3) is 0.455. The van der Waals surface area contributed by atoms with Crippen LogP contribution < -0.4 is 5.73 Å². The van der Waals surface area contributed by atoms with Crippen molar-refractivity contribution in [1.82, 2.24) is 5.73 Å². The van der Waals surface area contributed by atoms with Crippen LogP contribution in [0.2, 0.25) is 0 Å². The smallest absolute Gasteiger partial charge is 0.295 e. The van der Waals surface area contributed by atoms with E-state index in [0.29, 0.717) is 6.61 Å². The summed E-state index contributed by atoms with van der Waals surface area (Å²) in [6.07, 6.45) is 4.46. The highest BCUT2D eigenvalue weighted by molar-refractivity contribution is 6.43. The van der Waals surface area contributed by atoms with Gasteiger partial charge in [-0.05, 0) is 18.6 Å². The first-order valence-electron chi connectivity index (χ1n) is 5.25. The Kier molecular flexibility index (Phi) is 5.11. The molecule has 0 fully saturated rings. The molecule has 16 heavy (non-hydrogen) atoms. The molecule has 1 aromatic rings. The maximum Gasteiger partial charge on any atom is 0.295 e. The van der Waals surface area contributed by atoms with E-state index in [0.717, 1.165) is 19.3 Å². The first-order valence-corrected chi connectivity index (χ1v) is 5.25. The van der Waals surface area contributed by atoms with E-state index in [1.165, 1.54) is 6.26 Å². The molecule has 1 N–H and O–H groups in total. The number of nitrogens with zero attached hydrogens (tertiary/aromatic N) is 1. The lowest BCUT2D eigenvalue weighted by Gasteiger charge is -2.00. The van der Waals surface area contributed by atoms with E-state index in [2.05, 4.69) is 12.1 Å². The van der Waals surface area contributed by atoms with Gasteiger partial charge in [-0.1, -0.05) is 24.9 Å². The Balaban J connectivity index is 2.51. The van der Waals surface area contributed by atoms with Crippen molar-refractivity contribution in [2.45, 2.75) is 26.2 Å². The Morgan fingerprint density at radius 2 is 2.38 bits per heavy atom. The minimum atomic E-state index is -0.912. The molecule has 0 aliphatic carbocycles. The van der Waals surface area contributed by atoms with Crippen LogP contribution >= 0.6 is 0 Å². The Bertz CT molecular complexity index is 344. The molecule has 0 bridgehead atoms. The first-order chi connectivity index (χ1) is 7.75. The van der Waals surface area contributed by atoms with Gasteiger partial charge in [-0.15, -0.1) is 0 Å². The van der Waals surface area contributed by atoms with Crippen LogP contribution in [0.3, 0.4) is 0 Å². The van der Waals surface area contributed by atoms with Crippen LogP contribution in [-0.4, -0.2) is 18.2 Å². The van der Waals surface area contributed by atoms with Gasteiger partial charge in [-0.3, -0.25) is 10.5 Å². The maximum atomic E-state index is 11.0. The number of carbonyl (C=O) groups is 1. The second-order valence-electron chi connectivity index (χ2n) is 3.29. The van der Waals surface area contributed by atoms with Crippen LogP contribution in [0.25, 0.3) is 0 Å². The predicted octanol–water partition coefficient (Wildman–Crippen LogP) is 2.00. The molecule has 1 rings (SSSR count). The SMILES string of the molecule is CCCCCON=C(C([NH])=O)c1ccco1. The Hall–Kier alpha value is -1.78. The van der Waals surface area contributed by atoms with Gasteiger partial charge in [0.15, 0.2) is 5.76 Å². The molecule has 0 aliphatic rings. The van der Waals surface area contributed by atoms with Gasteiger partial charge in [-0.2, -0.15) is 0 Å². The number of carbonyl (C=O) groups excluding carboxylic acids is 1. The molecule has 87 valence electrons. The molecular weight excluding hydrogens is 208 g/mol. The van der Waals surface area contributed by atoms with E-state index in [4.69, 9.17) is 15.0 Å². The Labute approximate surface area is 94.2 Å². The molecule has 0 saturated carbocycles. The minimum absolute atomic E-state index is 0.0958. The normalized spacial score (nSPS) is 11.4. The molecule has 0 aliphatic heterocycles. The summed E-state index contributed by atoms with van der Waals surface area (Å²) >= 11 is 0. The molecule has 1 radical (unpaired) electrons. The molecular formula is C11H15N2O3. The number of oxime groups is 1. The average Bonchev–Trinajstić information content (AvgIpc) is 2.76. The highest BCUT2D eigenvalue weighted by Gasteiger charge is 2.14. The van der Waals surface area contributed by atoms with Crippen molar-refractivity contribution in [3.63, 3.8) is 0 Å². The summed E-state index contributed by atoms with van der Waals surface area (Å²) in [4.78, 5) is 15.9. The van der Waals surface area contributed by atoms with Crippen LogP contribution in [0.4, 0.5) is 0 Å². The van der Waals surface area contributed by atoms with Crippen molar-refractivity contribution in [2.75, 3.05) is 6.61 Å². The van der Waals surface area contributed by atoms with Gasteiger partial charge in [0.1, 0.15) is 6.61 Å². The van der Waals surface area contributed by atoms with Crippen LogP contribution in [0.1, 0.15) is 31.9 Å². The van der Waals surface area contributed by atoms with E-state index in [1.807, 2.05) is 0 Å².